The molecule has 8 nitrogen and oxygen atoms in total. The number of para-hydroxylation sites is 2. The second-order valence-electron chi connectivity index (χ2n) is 11.0. The highest BCUT2D eigenvalue weighted by molar-refractivity contribution is 5.84. The van der Waals surface area contributed by atoms with E-state index in [1.54, 1.807) is 0 Å². The quantitative estimate of drug-likeness (QED) is 0.300. The fourth-order valence-electron chi connectivity index (χ4n) is 5.91. The third-order valence-corrected chi connectivity index (χ3v) is 8.29. The van der Waals surface area contributed by atoms with E-state index in [2.05, 4.69) is 49.4 Å². The largest absolute Gasteiger partial charge is 0.368 e. The number of fused-ring (bicyclic) bond motifs is 1. The van der Waals surface area contributed by atoms with Crippen molar-refractivity contribution in [1.29, 1.82) is 15.8 Å². The van der Waals surface area contributed by atoms with Crippen molar-refractivity contribution in [3.8, 4) is 18.2 Å². The van der Waals surface area contributed by atoms with Crippen LogP contribution < -0.4 is 15.1 Å². The zero-order chi connectivity index (χ0) is 29.9. The van der Waals surface area contributed by atoms with Gasteiger partial charge in [0.1, 0.15) is 12.1 Å². The normalized spacial score (nSPS) is 15.2. The number of aromatic nitrogens is 1. The molecule has 2 fully saturated rings. The number of unbranched alkanes of at least 4 members (excludes halogenated alkanes) is 1. The van der Waals surface area contributed by atoms with E-state index < -0.39 is 0 Å². The first-order valence-corrected chi connectivity index (χ1v) is 15.1. The highest BCUT2D eigenvalue weighted by atomic mass is 15.3. The average molecular weight is 571 g/mol. The van der Waals surface area contributed by atoms with Crippen LogP contribution in [0.4, 0.5) is 11.4 Å². The van der Waals surface area contributed by atoms with Crippen LogP contribution in [0.2, 0.25) is 0 Å². The van der Waals surface area contributed by atoms with Crippen LogP contribution in [0.5, 0.6) is 0 Å². The summed E-state index contributed by atoms with van der Waals surface area (Å²) in [6.07, 6.45) is 5.42. The van der Waals surface area contributed by atoms with Crippen molar-refractivity contribution in [2.24, 2.45) is 0 Å². The smallest absolute Gasteiger partial charge is 0.101 e. The molecule has 0 radical (unpaired) electrons. The van der Waals surface area contributed by atoms with Crippen LogP contribution in [-0.2, 0) is 6.42 Å². The maximum Gasteiger partial charge on any atom is 0.101 e. The van der Waals surface area contributed by atoms with Gasteiger partial charge >= 0.3 is 0 Å². The van der Waals surface area contributed by atoms with Crippen LogP contribution in [0.25, 0.3) is 10.9 Å². The third kappa shape index (κ3) is 7.53. The maximum absolute atomic E-state index is 9.31. The SMILES string of the molecule is N#Cc1ccc2[nH]cc(CCCCN3CCN(c4ccccc4C#N)CC3)c2c1.N#Cc1ccccc1N1CCNCC1. The molecule has 3 heterocycles. The Morgan fingerprint density at radius 1 is 0.674 bits per heavy atom. The highest BCUT2D eigenvalue weighted by Gasteiger charge is 2.19. The van der Waals surface area contributed by atoms with Gasteiger partial charge in [0.05, 0.1) is 34.1 Å². The average Bonchev–Trinajstić information content (AvgIpc) is 3.49. The number of H-pyrrole nitrogens is 1. The van der Waals surface area contributed by atoms with Gasteiger partial charge < -0.3 is 20.1 Å². The summed E-state index contributed by atoms with van der Waals surface area (Å²) in [4.78, 5) is 10.4. The number of rotatable bonds is 7. The molecule has 0 spiro atoms. The van der Waals surface area contributed by atoms with Crippen LogP contribution >= 0.6 is 0 Å². The van der Waals surface area contributed by atoms with Crippen LogP contribution in [0.1, 0.15) is 35.1 Å². The first-order valence-electron chi connectivity index (χ1n) is 15.1. The van der Waals surface area contributed by atoms with Gasteiger partial charge in [-0.2, -0.15) is 15.8 Å². The first kappa shape index (κ1) is 29.7. The lowest BCUT2D eigenvalue weighted by atomic mass is 10.0. The first-order chi connectivity index (χ1) is 21.2. The van der Waals surface area contributed by atoms with Crippen molar-refractivity contribution < 1.29 is 0 Å². The van der Waals surface area contributed by atoms with Gasteiger partial charge in [-0.1, -0.05) is 24.3 Å². The van der Waals surface area contributed by atoms with E-state index in [0.717, 1.165) is 99.8 Å². The molecule has 8 heteroatoms. The Bertz CT molecular complexity index is 1620. The van der Waals surface area contributed by atoms with Crippen molar-refractivity contribution in [1.82, 2.24) is 15.2 Å². The third-order valence-electron chi connectivity index (χ3n) is 8.29. The number of benzene rings is 3. The number of anilines is 2. The number of aromatic amines is 1. The fraction of sp³-hybridized carbons (Fsp3) is 0.343. The Labute approximate surface area is 254 Å². The van der Waals surface area contributed by atoms with Crippen molar-refractivity contribution in [3.05, 3.63) is 95.2 Å². The van der Waals surface area contributed by atoms with Crippen LogP contribution in [-0.4, -0.2) is 68.8 Å². The van der Waals surface area contributed by atoms with Gasteiger partial charge in [0, 0.05) is 69.5 Å². The van der Waals surface area contributed by atoms with E-state index in [1.807, 2.05) is 66.7 Å². The summed E-state index contributed by atoms with van der Waals surface area (Å²) in [6.45, 7) is 9.10. The Morgan fingerprint density at radius 3 is 1.93 bits per heavy atom. The Hall–Kier alpha value is -4.81. The summed E-state index contributed by atoms with van der Waals surface area (Å²) in [7, 11) is 0. The Morgan fingerprint density at radius 2 is 1.30 bits per heavy atom. The molecule has 2 aliphatic rings. The van der Waals surface area contributed by atoms with E-state index in [-0.39, 0.29) is 0 Å². The number of nitriles is 3. The molecule has 0 atom stereocenters. The molecule has 0 aliphatic carbocycles. The highest BCUT2D eigenvalue weighted by Crippen LogP contribution is 2.23. The van der Waals surface area contributed by atoms with Gasteiger partial charge in [0.2, 0.25) is 0 Å². The number of hydrogen-bond donors (Lipinski definition) is 2. The predicted molar refractivity (Wildman–Crippen MR) is 172 cm³/mol. The van der Waals surface area contributed by atoms with Crippen LogP contribution in [0, 0.1) is 34.0 Å². The van der Waals surface area contributed by atoms with Crippen molar-refractivity contribution in [3.63, 3.8) is 0 Å². The molecule has 218 valence electrons. The number of piperazine rings is 2. The molecule has 43 heavy (non-hydrogen) atoms. The molecule has 3 aromatic carbocycles. The summed E-state index contributed by atoms with van der Waals surface area (Å²) < 4.78 is 0. The van der Waals surface area contributed by atoms with Gasteiger partial charge in [-0.3, -0.25) is 4.90 Å². The molecular weight excluding hydrogens is 532 g/mol. The molecule has 1 aromatic heterocycles. The molecule has 6 rings (SSSR count). The summed E-state index contributed by atoms with van der Waals surface area (Å²) in [6, 6.07) is 28.2. The topological polar surface area (TPSA) is 109 Å². The lowest BCUT2D eigenvalue weighted by Gasteiger charge is -2.36. The van der Waals surface area contributed by atoms with Crippen LogP contribution in [0.3, 0.4) is 0 Å². The second-order valence-corrected chi connectivity index (χ2v) is 11.0. The van der Waals surface area contributed by atoms with Crippen molar-refractivity contribution >= 4 is 22.3 Å². The van der Waals surface area contributed by atoms with Gasteiger partial charge in [-0.05, 0) is 73.8 Å². The minimum Gasteiger partial charge on any atom is -0.368 e. The molecule has 2 N–H and O–H groups in total. The van der Waals surface area contributed by atoms with E-state index in [4.69, 9.17) is 10.5 Å². The summed E-state index contributed by atoms with van der Waals surface area (Å²) in [5.41, 5.74) is 6.79. The number of hydrogen-bond acceptors (Lipinski definition) is 7. The molecule has 4 aromatic rings. The number of nitrogens with one attached hydrogen (secondary N) is 2. The lowest BCUT2D eigenvalue weighted by molar-refractivity contribution is 0.253. The molecule has 0 amide bonds. The number of nitrogens with zero attached hydrogens (tertiary/aromatic N) is 6. The second kappa shape index (κ2) is 14.9. The van der Waals surface area contributed by atoms with Gasteiger partial charge in [-0.15, -0.1) is 0 Å². The summed E-state index contributed by atoms with van der Waals surface area (Å²) in [5, 5.41) is 31.9. The monoisotopic (exact) mass is 570 g/mol. The Kier molecular flexibility index (Phi) is 10.3. The van der Waals surface area contributed by atoms with E-state index in [0.29, 0.717) is 5.56 Å². The summed E-state index contributed by atoms with van der Waals surface area (Å²) >= 11 is 0. The molecule has 0 saturated carbocycles. The van der Waals surface area contributed by atoms with Gasteiger partial charge in [-0.25, -0.2) is 0 Å². The molecular formula is C35H38N8. The minimum absolute atomic E-state index is 0.717. The molecule has 0 bridgehead atoms. The minimum atomic E-state index is 0.717. The van der Waals surface area contributed by atoms with Crippen LogP contribution in [0.15, 0.2) is 72.9 Å². The van der Waals surface area contributed by atoms with E-state index in [1.165, 1.54) is 17.4 Å². The molecule has 2 aliphatic heterocycles. The predicted octanol–water partition coefficient (Wildman–Crippen LogP) is 5.02. The fourth-order valence-corrected chi connectivity index (χ4v) is 5.91. The van der Waals surface area contributed by atoms with E-state index in [9.17, 15) is 5.26 Å². The zero-order valence-electron chi connectivity index (χ0n) is 24.6. The molecule has 2 saturated heterocycles. The zero-order valence-corrected chi connectivity index (χ0v) is 24.6. The van der Waals surface area contributed by atoms with Crippen molar-refractivity contribution in [2.75, 3.05) is 68.7 Å². The van der Waals surface area contributed by atoms with Gasteiger partial charge in [0.15, 0.2) is 0 Å². The number of aryl methyl sites for hydroxylation is 1. The Balaban J connectivity index is 0.000000220. The summed E-state index contributed by atoms with van der Waals surface area (Å²) in [5.74, 6) is 0. The van der Waals surface area contributed by atoms with E-state index >= 15 is 0 Å². The van der Waals surface area contributed by atoms with Crippen molar-refractivity contribution in [2.45, 2.75) is 19.3 Å². The standard InChI is InChI=1S/C24H25N5.C11H13N3/c25-16-19-8-9-23-22(15-19)21(18-27-23)6-3-4-10-28-11-13-29(14-12-28)24-7-2-1-5-20(24)17-26;12-9-10-3-1-2-4-11(10)14-7-5-13-6-8-14/h1-2,5,7-9,15,18,27H,3-4,6,10-14H2;1-4,13H,5-8H2. The maximum atomic E-state index is 9.31. The molecule has 0 unspecified atom stereocenters. The van der Waals surface area contributed by atoms with Gasteiger partial charge in [0.25, 0.3) is 0 Å². The lowest BCUT2D eigenvalue weighted by Crippen LogP contribution is -2.46.